The van der Waals surface area contributed by atoms with Crippen molar-refractivity contribution in [2.24, 2.45) is 5.92 Å². The van der Waals surface area contributed by atoms with Crippen LogP contribution in [-0.4, -0.2) is 53.3 Å². The third-order valence-corrected chi connectivity index (χ3v) is 5.70. The highest BCUT2D eigenvalue weighted by atomic mass is 32.1. The van der Waals surface area contributed by atoms with Crippen LogP contribution < -0.4 is 5.32 Å². The number of aromatic nitrogens is 5. The molecule has 0 radical (unpaired) electrons. The third kappa shape index (κ3) is 5.25. The molecule has 0 atom stereocenters. The highest BCUT2D eigenvalue weighted by Crippen LogP contribution is 2.37. The molecule has 4 rings (SSSR count). The maximum Gasteiger partial charge on any atom is 0.490 e. The van der Waals surface area contributed by atoms with Crippen molar-refractivity contribution in [2.75, 3.05) is 5.32 Å². The molecule has 0 saturated heterocycles. The van der Waals surface area contributed by atoms with E-state index in [0.717, 1.165) is 27.3 Å². The number of hydrogen-bond acceptors (Lipinski definition) is 8. The molecule has 0 aliphatic heterocycles. The van der Waals surface area contributed by atoms with Crippen molar-refractivity contribution in [3.8, 4) is 0 Å². The molecule has 1 aliphatic carbocycles. The van der Waals surface area contributed by atoms with Gasteiger partial charge in [-0.1, -0.05) is 5.21 Å². The molecule has 166 valence electrons. The maximum atomic E-state index is 10.9. The minimum atomic E-state index is -5.08. The fraction of sp³-hybridized carbons (Fsp3) is 0.412. The van der Waals surface area contributed by atoms with Gasteiger partial charge in [0.2, 0.25) is 0 Å². The summed E-state index contributed by atoms with van der Waals surface area (Å²) in [4.78, 5) is 28.4. The van der Waals surface area contributed by atoms with Crippen LogP contribution in [0.5, 0.6) is 0 Å². The quantitative estimate of drug-likeness (QED) is 0.526. The lowest BCUT2D eigenvalue weighted by Crippen LogP contribution is -2.32. The molecule has 0 spiro atoms. The van der Waals surface area contributed by atoms with Crippen molar-refractivity contribution < 1.29 is 33.0 Å². The van der Waals surface area contributed by atoms with Crippen LogP contribution in [0.3, 0.4) is 0 Å². The lowest BCUT2D eigenvalue weighted by Gasteiger charge is -2.31. The lowest BCUT2D eigenvalue weighted by molar-refractivity contribution is -0.192. The van der Waals surface area contributed by atoms with E-state index in [1.54, 1.807) is 22.3 Å². The van der Waals surface area contributed by atoms with E-state index in [4.69, 9.17) is 15.0 Å². The number of hydrogen-bond donors (Lipinski definition) is 3. The zero-order chi connectivity index (χ0) is 22.8. The van der Waals surface area contributed by atoms with E-state index in [0.29, 0.717) is 19.4 Å². The van der Waals surface area contributed by atoms with E-state index in [1.807, 2.05) is 13.1 Å². The smallest absolute Gasteiger partial charge is 0.481 e. The summed E-state index contributed by atoms with van der Waals surface area (Å²) in [5, 5.41) is 29.7. The first-order valence-corrected chi connectivity index (χ1v) is 9.80. The summed E-state index contributed by atoms with van der Waals surface area (Å²) in [6, 6.07) is 0.137. The van der Waals surface area contributed by atoms with Gasteiger partial charge < -0.3 is 15.5 Å². The summed E-state index contributed by atoms with van der Waals surface area (Å²) in [7, 11) is 0. The van der Waals surface area contributed by atoms with Crippen LogP contribution in [0, 0.1) is 12.8 Å². The number of carboxylic acids is 2. The molecule has 0 bridgehead atoms. The lowest BCUT2D eigenvalue weighted by atomic mass is 9.80. The predicted molar refractivity (Wildman–Crippen MR) is 103 cm³/mol. The van der Waals surface area contributed by atoms with Crippen LogP contribution in [-0.2, 0) is 16.1 Å². The van der Waals surface area contributed by atoms with Gasteiger partial charge in [0, 0.05) is 0 Å². The van der Waals surface area contributed by atoms with Gasteiger partial charge in [0.15, 0.2) is 0 Å². The van der Waals surface area contributed by atoms with Gasteiger partial charge in [-0.15, -0.1) is 16.4 Å². The number of carboxylic acid groups (broad SMARTS) is 2. The molecule has 10 nitrogen and oxygen atoms in total. The van der Waals surface area contributed by atoms with Crippen molar-refractivity contribution in [2.45, 2.75) is 38.5 Å². The minimum Gasteiger partial charge on any atom is -0.481 e. The first-order chi connectivity index (χ1) is 14.6. The zero-order valence-corrected chi connectivity index (χ0v) is 16.8. The molecule has 0 aromatic carbocycles. The number of alkyl halides is 3. The monoisotopic (exact) mass is 458 g/mol. The predicted octanol–water partition coefficient (Wildman–Crippen LogP) is 2.87. The number of anilines is 1. The molecule has 0 amide bonds. The molecular formula is C17H17F3N6O4S. The zero-order valence-electron chi connectivity index (χ0n) is 16.0. The van der Waals surface area contributed by atoms with Crippen molar-refractivity contribution >= 4 is 39.3 Å². The van der Waals surface area contributed by atoms with Crippen molar-refractivity contribution in [3.63, 3.8) is 0 Å². The number of fused-ring (bicyclic) bond motifs is 1. The van der Waals surface area contributed by atoms with Gasteiger partial charge in [-0.05, 0) is 30.7 Å². The summed E-state index contributed by atoms with van der Waals surface area (Å²) < 4.78 is 34.5. The minimum absolute atomic E-state index is 0.137. The average molecular weight is 458 g/mol. The molecule has 3 N–H and O–H groups in total. The first-order valence-electron chi connectivity index (χ1n) is 8.92. The fourth-order valence-corrected chi connectivity index (χ4v) is 3.82. The highest BCUT2D eigenvalue weighted by Gasteiger charge is 2.38. The Balaban J connectivity index is 0.000000339. The average Bonchev–Trinajstić information content (AvgIpc) is 3.26. The Labute approximate surface area is 176 Å². The summed E-state index contributed by atoms with van der Waals surface area (Å²) in [5.41, 5.74) is 2.91. The summed E-state index contributed by atoms with van der Waals surface area (Å²) >= 11 is 1.62. The second kappa shape index (κ2) is 8.83. The second-order valence-electron chi connectivity index (χ2n) is 6.83. The van der Waals surface area contributed by atoms with Crippen LogP contribution in [0.4, 0.5) is 19.0 Å². The van der Waals surface area contributed by atoms with Crippen LogP contribution >= 0.6 is 11.3 Å². The Morgan fingerprint density at radius 3 is 2.58 bits per heavy atom. The van der Waals surface area contributed by atoms with Gasteiger partial charge in [-0.2, -0.15) is 13.2 Å². The SMILES string of the molecule is Cc1csc2c(NCc3cn(C4CC(C(=O)O)C4)nn3)ncnc12.O=C(O)C(F)(F)F. The van der Waals surface area contributed by atoms with E-state index in [1.165, 1.54) is 0 Å². The van der Waals surface area contributed by atoms with Gasteiger partial charge in [-0.25, -0.2) is 19.4 Å². The summed E-state index contributed by atoms with van der Waals surface area (Å²) in [6.45, 7) is 2.54. The normalized spacial score (nSPS) is 18.1. The van der Waals surface area contributed by atoms with E-state index < -0.39 is 18.1 Å². The van der Waals surface area contributed by atoms with E-state index in [-0.39, 0.29) is 12.0 Å². The summed E-state index contributed by atoms with van der Waals surface area (Å²) in [6.07, 6.45) is -0.422. The molecule has 31 heavy (non-hydrogen) atoms. The molecule has 1 saturated carbocycles. The second-order valence-corrected chi connectivity index (χ2v) is 7.71. The Morgan fingerprint density at radius 2 is 1.97 bits per heavy atom. The molecule has 3 heterocycles. The van der Waals surface area contributed by atoms with Gasteiger partial charge in [0.1, 0.15) is 17.8 Å². The van der Waals surface area contributed by atoms with Crippen molar-refractivity contribution in [1.29, 1.82) is 0 Å². The Hall–Kier alpha value is -3.29. The van der Waals surface area contributed by atoms with E-state index in [2.05, 4.69) is 31.0 Å². The van der Waals surface area contributed by atoms with Crippen LogP contribution in [0.25, 0.3) is 10.2 Å². The van der Waals surface area contributed by atoms with E-state index in [9.17, 15) is 18.0 Å². The number of nitrogens with zero attached hydrogens (tertiary/aromatic N) is 5. The number of halogens is 3. The Bertz CT molecular complexity index is 1090. The molecule has 3 aromatic heterocycles. The standard InChI is InChI=1S/C15H16N6O2S.C2HF3O2/c1-8-6-24-13-12(8)17-7-18-14(13)16-4-10-5-21(20-19-10)11-2-9(3-11)15(22)23;3-2(4,5)1(6)7/h5-7,9,11H,2-4H2,1H3,(H,22,23)(H,16,17,18);(H,6,7). The number of carbonyl (C=O) groups is 2. The molecule has 0 unspecified atom stereocenters. The first kappa shape index (κ1) is 22.4. The largest absolute Gasteiger partial charge is 0.490 e. The van der Waals surface area contributed by atoms with Crippen LogP contribution in [0.1, 0.15) is 30.1 Å². The maximum absolute atomic E-state index is 10.9. The van der Waals surface area contributed by atoms with Gasteiger partial charge >= 0.3 is 18.1 Å². The van der Waals surface area contributed by atoms with Crippen LogP contribution in [0.2, 0.25) is 0 Å². The number of aliphatic carboxylic acids is 2. The number of rotatable bonds is 5. The number of nitrogens with one attached hydrogen (secondary N) is 1. The fourth-order valence-electron chi connectivity index (χ4n) is 2.85. The van der Waals surface area contributed by atoms with Crippen LogP contribution in [0.15, 0.2) is 17.9 Å². The molecular weight excluding hydrogens is 441 g/mol. The topological polar surface area (TPSA) is 143 Å². The third-order valence-electron chi connectivity index (χ3n) is 4.60. The van der Waals surface area contributed by atoms with Crippen molar-refractivity contribution in [3.05, 3.63) is 29.2 Å². The molecule has 14 heteroatoms. The summed E-state index contributed by atoms with van der Waals surface area (Å²) in [5.74, 6) is -2.95. The van der Waals surface area contributed by atoms with Gasteiger partial charge in [0.05, 0.1) is 34.9 Å². The Morgan fingerprint density at radius 1 is 1.29 bits per heavy atom. The van der Waals surface area contributed by atoms with Gasteiger partial charge in [0.25, 0.3) is 0 Å². The van der Waals surface area contributed by atoms with E-state index >= 15 is 0 Å². The number of aryl methyl sites for hydroxylation is 1. The number of thiophene rings is 1. The molecule has 1 fully saturated rings. The van der Waals surface area contributed by atoms with Gasteiger partial charge in [-0.3, -0.25) is 4.79 Å². The molecule has 1 aliphatic rings. The van der Waals surface area contributed by atoms with Crippen molar-refractivity contribution in [1.82, 2.24) is 25.0 Å². The highest BCUT2D eigenvalue weighted by molar-refractivity contribution is 7.18. The Kier molecular flexibility index (Phi) is 6.38. The molecule has 3 aromatic rings.